The molecular weight excluding hydrogens is 326 g/mol. The van der Waals surface area contributed by atoms with Crippen molar-refractivity contribution in [3.8, 4) is 5.75 Å². The summed E-state index contributed by atoms with van der Waals surface area (Å²) in [5, 5.41) is 11.1. The van der Waals surface area contributed by atoms with Gasteiger partial charge < -0.3 is 13.9 Å². The molecule has 0 fully saturated rings. The van der Waals surface area contributed by atoms with Crippen molar-refractivity contribution >= 4 is 17.3 Å². The molecule has 25 heavy (non-hydrogen) atoms. The Hall–Kier alpha value is -3.42. The Bertz CT molecular complexity index is 964. The lowest BCUT2D eigenvalue weighted by molar-refractivity contribution is -0.385. The van der Waals surface area contributed by atoms with Crippen LogP contribution in [0.3, 0.4) is 0 Å². The van der Waals surface area contributed by atoms with Gasteiger partial charge in [-0.3, -0.25) is 10.1 Å². The van der Waals surface area contributed by atoms with Crippen LogP contribution in [0, 0.1) is 17.0 Å². The lowest BCUT2D eigenvalue weighted by atomic mass is 10.2. The Labute approximate surface area is 142 Å². The molecule has 1 aromatic carbocycles. The van der Waals surface area contributed by atoms with E-state index in [0.29, 0.717) is 0 Å². The van der Waals surface area contributed by atoms with Crippen LogP contribution in [0.15, 0.2) is 42.6 Å². The molecule has 128 valence electrons. The number of rotatable bonds is 5. The zero-order valence-corrected chi connectivity index (χ0v) is 13.6. The van der Waals surface area contributed by atoms with Crippen LogP contribution >= 0.6 is 0 Å². The number of carbonyl (C=O) groups excluding carboxylic acids is 1. The molecule has 0 unspecified atom stereocenters. The van der Waals surface area contributed by atoms with E-state index in [1.807, 2.05) is 35.7 Å². The van der Waals surface area contributed by atoms with Gasteiger partial charge in [0.15, 0.2) is 5.75 Å². The molecule has 8 heteroatoms. The SMILES string of the molecule is COc1ccc(C(=O)OCc2c(C)nc3ccccn23)cc1[N+](=O)[O-]. The van der Waals surface area contributed by atoms with Gasteiger partial charge in [-0.15, -0.1) is 0 Å². The van der Waals surface area contributed by atoms with Crippen LogP contribution < -0.4 is 4.74 Å². The van der Waals surface area contributed by atoms with Gasteiger partial charge >= 0.3 is 11.7 Å². The summed E-state index contributed by atoms with van der Waals surface area (Å²) in [5.74, 6) is -0.574. The molecule has 0 saturated carbocycles. The maximum atomic E-state index is 12.2. The van der Waals surface area contributed by atoms with Gasteiger partial charge in [0.2, 0.25) is 0 Å². The number of benzene rings is 1. The minimum absolute atomic E-state index is 0.00960. The summed E-state index contributed by atoms with van der Waals surface area (Å²) < 4.78 is 12.1. The van der Waals surface area contributed by atoms with Crippen molar-refractivity contribution in [2.45, 2.75) is 13.5 Å². The van der Waals surface area contributed by atoms with Crippen LogP contribution in [0.2, 0.25) is 0 Å². The molecule has 0 saturated heterocycles. The van der Waals surface area contributed by atoms with E-state index in [1.165, 1.54) is 19.2 Å². The van der Waals surface area contributed by atoms with E-state index in [-0.39, 0.29) is 23.6 Å². The fourth-order valence-corrected chi connectivity index (χ4v) is 2.51. The number of hydrogen-bond acceptors (Lipinski definition) is 6. The van der Waals surface area contributed by atoms with Crippen molar-refractivity contribution in [3.05, 3.63) is 69.7 Å². The number of aromatic nitrogens is 2. The number of fused-ring (bicyclic) bond motifs is 1. The number of nitrogens with zero attached hydrogens (tertiary/aromatic N) is 3. The standard InChI is InChI=1S/C17H15N3O5/c1-11-14(19-8-4-3-5-16(19)18-11)10-25-17(21)12-6-7-15(24-2)13(9-12)20(22)23/h3-9H,10H2,1-2H3. The third kappa shape index (κ3) is 3.14. The maximum Gasteiger partial charge on any atom is 0.338 e. The highest BCUT2D eigenvalue weighted by molar-refractivity contribution is 5.90. The molecule has 0 atom stereocenters. The van der Waals surface area contributed by atoms with Crippen LogP contribution in [-0.2, 0) is 11.3 Å². The van der Waals surface area contributed by atoms with E-state index in [2.05, 4.69) is 4.98 Å². The minimum Gasteiger partial charge on any atom is -0.490 e. The van der Waals surface area contributed by atoms with Gasteiger partial charge in [-0.1, -0.05) is 6.07 Å². The maximum absolute atomic E-state index is 12.2. The molecule has 8 nitrogen and oxygen atoms in total. The zero-order valence-electron chi connectivity index (χ0n) is 13.6. The quantitative estimate of drug-likeness (QED) is 0.402. The molecule has 0 aliphatic rings. The third-order valence-corrected chi connectivity index (χ3v) is 3.78. The van der Waals surface area contributed by atoms with Crippen LogP contribution in [0.5, 0.6) is 5.75 Å². The number of nitro groups is 1. The molecule has 3 rings (SSSR count). The topological polar surface area (TPSA) is 96.0 Å². The first-order valence-electron chi connectivity index (χ1n) is 7.43. The summed E-state index contributed by atoms with van der Waals surface area (Å²) >= 11 is 0. The highest BCUT2D eigenvalue weighted by Crippen LogP contribution is 2.28. The highest BCUT2D eigenvalue weighted by atomic mass is 16.6. The van der Waals surface area contributed by atoms with Crippen molar-refractivity contribution < 1.29 is 19.2 Å². The average molecular weight is 341 g/mol. The Kier molecular flexibility index (Phi) is 4.34. The fourth-order valence-electron chi connectivity index (χ4n) is 2.51. The zero-order chi connectivity index (χ0) is 18.0. The first-order valence-corrected chi connectivity index (χ1v) is 7.43. The second-order valence-electron chi connectivity index (χ2n) is 5.29. The number of ether oxygens (including phenoxy) is 2. The van der Waals surface area contributed by atoms with Gasteiger partial charge in [0.25, 0.3) is 0 Å². The molecule has 3 aromatic rings. The monoisotopic (exact) mass is 341 g/mol. The summed E-state index contributed by atoms with van der Waals surface area (Å²) in [6, 6.07) is 9.51. The number of methoxy groups -OCH3 is 1. The molecule has 0 aliphatic heterocycles. The normalized spacial score (nSPS) is 10.6. The predicted molar refractivity (Wildman–Crippen MR) is 88.7 cm³/mol. The predicted octanol–water partition coefficient (Wildman–Crippen LogP) is 2.92. The number of nitro benzene ring substituents is 1. The third-order valence-electron chi connectivity index (χ3n) is 3.78. The Morgan fingerprint density at radius 2 is 2.12 bits per heavy atom. The van der Waals surface area contributed by atoms with E-state index in [9.17, 15) is 14.9 Å². The molecule has 0 bridgehead atoms. The average Bonchev–Trinajstić information content (AvgIpc) is 2.94. The molecule has 0 amide bonds. The van der Waals surface area contributed by atoms with Crippen LogP contribution in [0.4, 0.5) is 5.69 Å². The molecule has 0 spiro atoms. The van der Waals surface area contributed by atoms with Gasteiger partial charge in [-0.05, 0) is 31.2 Å². The Balaban J connectivity index is 1.82. The Morgan fingerprint density at radius 1 is 1.32 bits per heavy atom. The lowest BCUT2D eigenvalue weighted by Gasteiger charge is -2.07. The summed E-state index contributed by atoms with van der Waals surface area (Å²) in [5.41, 5.74) is 2.04. The van der Waals surface area contributed by atoms with Crippen LogP contribution in [0.25, 0.3) is 5.65 Å². The summed E-state index contributed by atoms with van der Waals surface area (Å²) in [6.45, 7) is 1.84. The number of hydrogen-bond donors (Lipinski definition) is 0. The van der Waals surface area contributed by atoms with Gasteiger partial charge in [0.1, 0.15) is 12.3 Å². The summed E-state index contributed by atoms with van der Waals surface area (Å²) in [6.07, 6.45) is 1.83. The van der Waals surface area contributed by atoms with Gasteiger partial charge in [0, 0.05) is 12.3 Å². The lowest BCUT2D eigenvalue weighted by Crippen LogP contribution is -2.08. The van der Waals surface area contributed by atoms with Crippen LogP contribution in [-0.4, -0.2) is 27.4 Å². The van der Waals surface area contributed by atoms with Gasteiger partial charge in [-0.25, -0.2) is 9.78 Å². The van der Waals surface area contributed by atoms with Crippen molar-refractivity contribution in [2.24, 2.45) is 0 Å². The minimum atomic E-state index is -0.656. The second-order valence-corrected chi connectivity index (χ2v) is 5.29. The highest BCUT2D eigenvalue weighted by Gasteiger charge is 2.19. The first kappa shape index (κ1) is 16.4. The van der Waals surface area contributed by atoms with Crippen molar-refractivity contribution in [3.63, 3.8) is 0 Å². The van der Waals surface area contributed by atoms with E-state index in [0.717, 1.165) is 23.1 Å². The number of esters is 1. The van der Waals surface area contributed by atoms with Crippen LogP contribution in [0.1, 0.15) is 21.7 Å². The molecule has 2 heterocycles. The van der Waals surface area contributed by atoms with E-state index >= 15 is 0 Å². The molecule has 0 aliphatic carbocycles. The molecule has 0 radical (unpaired) electrons. The van der Waals surface area contributed by atoms with Crippen molar-refractivity contribution in [1.82, 2.24) is 9.38 Å². The van der Waals surface area contributed by atoms with E-state index < -0.39 is 10.9 Å². The van der Waals surface area contributed by atoms with Gasteiger partial charge in [0.05, 0.1) is 29.0 Å². The number of imidazole rings is 1. The number of carbonyl (C=O) groups is 1. The molecule has 0 N–H and O–H groups in total. The van der Waals surface area contributed by atoms with E-state index in [1.54, 1.807) is 0 Å². The number of pyridine rings is 1. The number of aryl methyl sites for hydroxylation is 1. The fraction of sp³-hybridized carbons (Fsp3) is 0.176. The smallest absolute Gasteiger partial charge is 0.338 e. The van der Waals surface area contributed by atoms with Crippen molar-refractivity contribution in [1.29, 1.82) is 0 Å². The first-order chi connectivity index (χ1) is 12.0. The second kappa shape index (κ2) is 6.60. The summed E-state index contributed by atoms with van der Waals surface area (Å²) in [4.78, 5) is 27.1. The molecule has 2 aromatic heterocycles. The molecular formula is C17H15N3O5. The van der Waals surface area contributed by atoms with Crippen molar-refractivity contribution in [2.75, 3.05) is 7.11 Å². The summed E-state index contributed by atoms with van der Waals surface area (Å²) in [7, 11) is 1.33. The van der Waals surface area contributed by atoms with Gasteiger partial charge in [-0.2, -0.15) is 0 Å². The Morgan fingerprint density at radius 3 is 2.84 bits per heavy atom. The largest absolute Gasteiger partial charge is 0.490 e. The van der Waals surface area contributed by atoms with E-state index in [4.69, 9.17) is 9.47 Å².